The maximum atomic E-state index is 12.9. The molecule has 124 valence electrons. The Morgan fingerprint density at radius 3 is 2.70 bits per heavy atom. The Morgan fingerprint density at radius 1 is 1.09 bits per heavy atom. The second-order valence-electron chi connectivity index (χ2n) is 7.26. The van der Waals surface area contributed by atoms with Crippen LogP contribution in [0.15, 0.2) is 24.3 Å². The van der Waals surface area contributed by atoms with Gasteiger partial charge in [0.05, 0.1) is 12.6 Å². The molecule has 1 unspecified atom stereocenters. The fourth-order valence-electron chi connectivity index (χ4n) is 4.60. The summed E-state index contributed by atoms with van der Waals surface area (Å²) in [4.78, 5) is 17.0. The Bertz CT molecular complexity index is 582. The molecule has 0 bridgehead atoms. The van der Waals surface area contributed by atoms with Crippen LogP contribution < -0.4 is 0 Å². The van der Waals surface area contributed by atoms with Gasteiger partial charge in [-0.15, -0.1) is 0 Å². The largest absolute Gasteiger partial charge is 0.376 e. The number of β-amino-alcohol motifs (C(OH)–C–C–N with tert-alkyl or cyclic N) is 1. The van der Waals surface area contributed by atoms with Crippen molar-refractivity contribution in [3.8, 4) is 0 Å². The number of hydrogen-bond acceptors (Lipinski definition) is 3. The van der Waals surface area contributed by atoms with Crippen LogP contribution in [0, 0.1) is 5.92 Å². The summed E-state index contributed by atoms with van der Waals surface area (Å²) in [6.45, 7) is 2.08. The molecular formula is C19H26N2O2. The van der Waals surface area contributed by atoms with Gasteiger partial charge < -0.3 is 10.0 Å². The van der Waals surface area contributed by atoms with Crippen molar-refractivity contribution >= 4 is 5.91 Å². The van der Waals surface area contributed by atoms with E-state index in [1.165, 1.54) is 30.4 Å². The second kappa shape index (κ2) is 6.25. The molecule has 4 rings (SSSR count). The van der Waals surface area contributed by atoms with E-state index >= 15 is 0 Å². The second-order valence-corrected chi connectivity index (χ2v) is 7.26. The number of nitrogens with zero attached hydrogens (tertiary/aromatic N) is 2. The minimum Gasteiger partial charge on any atom is -0.376 e. The number of amides is 1. The lowest BCUT2D eigenvalue weighted by Gasteiger charge is -2.48. The van der Waals surface area contributed by atoms with Gasteiger partial charge in [-0.3, -0.25) is 9.69 Å². The predicted octanol–water partition coefficient (Wildman–Crippen LogP) is 2.33. The number of benzene rings is 1. The average molecular weight is 314 g/mol. The summed E-state index contributed by atoms with van der Waals surface area (Å²) in [5, 5.41) is 10.6. The fraction of sp³-hybridized carbons (Fsp3) is 0.632. The molecule has 1 amide bonds. The lowest BCUT2D eigenvalue weighted by Crippen LogP contribution is -2.58. The molecule has 1 N–H and O–H groups in total. The van der Waals surface area contributed by atoms with Crippen LogP contribution in [0.2, 0.25) is 0 Å². The molecule has 1 aromatic rings. The van der Waals surface area contributed by atoms with Gasteiger partial charge in [0.15, 0.2) is 0 Å². The van der Waals surface area contributed by atoms with Gasteiger partial charge in [0.1, 0.15) is 6.23 Å². The van der Waals surface area contributed by atoms with Gasteiger partial charge in [-0.25, -0.2) is 0 Å². The highest BCUT2D eigenvalue weighted by atomic mass is 16.3. The number of carbonyl (C=O) groups excluding carboxylic acids is 1. The highest BCUT2D eigenvalue weighted by molar-refractivity contribution is 5.79. The van der Waals surface area contributed by atoms with Crippen LogP contribution >= 0.6 is 0 Å². The van der Waals surface area contributed by atoms with E-state index < -0.39 is 6.23 Å². The molecule has 1 saturated carbocycles. The standard InChI is InChI=1S/C19H26N2O2/c22-18-13-20(19(23)15-7-2-1-3-8-15)12-17-16-9-5-4-6-14(16)10-11-21(17)18/h4-6,9,15,17-18,22H,1-3,7-8,10-13H2/t17-,18?/m0/s1. The molecule has 4 heteroatoms. The van der Waals surface area contributed by atoms with Gasteiger partial charge in [0.2, 0.25) is 5.91 Å². The van der Waals surface area contributed by atoms with Gasteiger partial charge in [0, 0.05) is 19.0 Å². The summed E-state index contributed by atoms with van der Waals surface area (Å²) in [7, 11) is 0. The number of aliphatic hydroxyl groups excluding tert-OH is 1. The van der Waals surface area contributed by atoms with Crippen LogP contribution in [-0.4, -0.2) is 46.7 Å². The van der Waals surface area contributed by atoms with Crippen LogP contribution in [0.1, 0.15) is 49.3 Å². The Labute approximate surface area is 138 Å². The smallest absolute Gasteiger partial charge is 0.225 e. The van der Waals surface area contributed by atoms with Gasteiger partial charge in [-0.1, -0.05) is 43.5 Å². The third-order valence-electron chi connectivity index (χ3n) is 5.88. The van der Waals surface area contributed by atoms with Crippen LogP contribution in [0.3, 0.4) is 0 Å². The van der Waals surface area contributed by atoms with Crippen LogP contribution in [-0.2, 0) is 11.2 Å². The minimum atomic E-state index is -0.533. The number of fused-ring (bicyclic) bond motifs is 3. The molecule has 2 aliphatic heterocycles. The van der Waals surface area contributed by atoms with Crippen molar-refractivity contribution in [2.24, 2.45) is 5.92 Å². The number of carbonyl (C=O) groups is 1. The van der Waals surface area contributed by atoms with Crippen molar-refractivity contribution in [3.05, 3.63) is 35.4 Å². The molecule has 2 fully saturated rings. The van der Waals surface area contributed by atoms with E-state index in [0.717, 1.165) is 32.4 Å². The summed E-state index contributed by atoms with van der Waals surface area (Å²) in [5.41, 5.74) is 2.66. The molecule has 3 aliphatic rings. The maximum Gasteiger partial charge on any atom is 0.225 e. The zero-order valence-corrected chi connectivity index (χ0v) is 13.7. The SMILES string of the molecule is O=C(C1CCCCC1)N1CC(O)N2CCc3ccccc3[C@@H]2C1. The molecule has 23 heavy (non-hydrogen) atoms. The minimum absolute atomic E-state index is 0.149. The first-order valence-electron chi connectivity index (χ1n) is 9.04. The first-order valence-corrected chi connectivity index (χ1v) is 9.04. The molecule has 0 radical (unpaired) electrons. The fourth-order valence-corrected chi connectivity index (χ4v) is 4.60. The summed E-state index contributed by atoms with van der Waals surface area (Å²) < 4.78 is 0. The molecule has 4 nitrogen and oxygen atoms in total. The van der Waals surface area contributed by atoms with Gasteiger partial charge in [0.25, 0.3) is 0 Å². The third kappa shape index (κ3) is 2.79. The number of rotatable bonds is 1. The summed E-state index contributed by atoms with van der Waals surface area (Å²) in [6.07, 6.45) is 6.11. The summed E-state index contributed by atoms with van der Waals surface area (Å²) in [5.74, 6) is 0.452. The molecule has 2 atom stereocenters. The van der Waals surface area contributed by atoms with Gasteiger partial charge >= 0.3 is 0 Å². The Hall–Kier alpha value is -1.39. The lowest BCUT2D eigenvalue weighted by atomic mass is 9.86. The predicted molar refractivity (Wildman–Crippen MR) is 88.8 cm³/mol. The van der Waals surface area contributed by atoms with Crippen LogP contribution in [0.4, 0.5) is 0 Å². The highest BCUT2D eigenvalue weighted by Gasteiger charge is 2.40. The van der Waals surface area contributed by atoms with Crippen molar-refractivity contribution in [1.29, 1.82) is 0 Å². The Balaban J connectivity index is 1.55. The quantitative estimate of drug-likeness (QED) is 0.865. The van der Waals surface area contributed by atoms with E-state index in [2.05, 4.69) is 29.2 Å². The molecule has 1 aromatic carbocycles. The topological polar surface area (TPSA) is 43.8 Å². The maximum absolute atomic E-state index is 12.9. The first kappa shape index (κ1) is 15.2. The lowest BCUT2D eigenvalue weighted by molar-refractivity contribution is -0.151. The third-order valence-corrected chi connectivity index (χ3v) is 5.88. The van der Waals surface area contributed by atoms with Crippen molar-refractivity contribution in [1.82, 2.24) is 9.80 Å². The number of hydrogen-bond donors (Lipinski definition) is 1. The van der Waals surface area contributed by atoms with Crippen molar-refractivity contribution in [3.63, 3.8) is 0 Å². The zero-order valence-electron chi connectivity index (χ0n) is 13.7. The van der Waals surface area contributed by atoms with Crippen LogP contribution in [0.25, 0.3) is 0 Å². The van der Waals surface area contributed by atoms with Crippen molar-refractivity contribution in [2.45, 2.75) is 50.8 Å². The van der Waals surface area contributed by atoms with E-state index in [-0.39, 0.29) is 17.9 Å². The average Bonchev–Trinajstić information content (AvgIpc) is 2.61. The molecule has 1 saturated heterocycles. The normalized spacial score (nSPS) is 29.0. The highest BCUT2D eigenvalue weighted by Crippen LogP contribution is 2.35. The molecular weight excluding hydrogens is 288 g/mol. The Kier molecular flexibility index (Phi) is 4.12. The van der Waals surface area contributed by atoms with Crippen LogP contribution in [0.5, 0.6) is 0 Å². The number of piperazine rings is 1. The van der Waals surface area contributed by atoms with Crippen molar-refractivity contribution < 1.29 is 9.90 Å². The van der Waals surface area contributed by atoms with E-state index in [0.29, 0.717) is 6.54 Å². The summed E-state index contributed by atoms with van der Waals surface area (Å²) >= 11 is 0. The van der Waals surface area contributed by atoms with E-state index in [1.54, 1.807) is 0 Å². The Morgan fingerprint density at radius 2 is 1.87 bits per heavy atom. The molecule has 1 aliphatic carbocycles. The summed E-state index contributed by atoms with van der Waals surface area (Å²) in [6, 6.07) is 8.64. The molecule has 2 heterocycles. The van der Waals surface area contributed by atoms with E-state index in [9.17, 15) is 9.90 Å². The zero-order chi connectivity index (χ0) is 15.8. The molecule has 0 spiro atoms. The van der Waals surface area contributed by atoms with E-state index in [4.69, 9.17) is 0 Å². The number of aliphatic hydroxyl groups is 1. The molecule has 0 aromatic heterocycles. The van der Waals surface area contributed by atoms with Gasteiger partial charge in [-0.2, -0.15) is 0 Å². The van der Waals surface area contributed by atoms with Gasteiger partial charge in [-0.05, 0) is 30.4 Å². The van der Waals surface area contributed by atoms with Crippen molar-refractivity contribution in [2.75, 3.05) is 19.6 Å². The van der Waals surface area contributed by atoms with E-state index in [1.807, 2.05) is 4.90 Å². The monoisotopic (exact) mass is 314 g/mol. The first-order chi connectivity index (χ1) is 11.2.